The molecule has 38 heavy (non-hydrogen) atoms. The largest absolute Gasteiger partial charge is 0.553 e. The van der Waals surface area contributed by atoms with E-state index in [1.165, 1.54) is 31.4 Å². The van der Waals surface area contributed by atoms with Gasteiger partial charge >= 0.3 is 7.55 Å². The smallest absolute Gasteiger partial charge is 0.399 e. The van der Waals surface area contributed by atoms with Gasteiger partial charge in [-0.3, -0.25) is 9.39 Å². The van der Waals surface area contributed by atoms with Gasteiger partial charge in [0.15, 0.2) is 0 Å². The number of rotatable bonds is 3. The average molecular weight is 507 g/mol. The van der Waals surface area contributed by atoms with Crippen LogP contribution in [0.1, 0.15) is 30.5 Å². The van der Waals surface area contributed by atoms with Gasteiger partial charge in [0.05, 0.1) is 19.3 Å². The van der Waals surface area contributed by atoms with Crippen LogP contribution in [0.2, 0.25) is 0 Å². The van der Waals surface area contributed by atoms with Crippen molar-refractivity contribution >= 4 is 24.6 Å². The molecule has 2 N–H and O–H groups in total. The zero-order valence-corrected chi connectivity index (χ0v) is 20.6. The highest BCUT2D eigenvalue weighted by Crippen LogP contribution is 2.37. The summed E-state index contributed by atoms with van der Waals surface area (Å²) in [5, 5.41) is 8.47. The van der Waals surface area contributed by atoms with Crippen LogP contribution >= 0.6 is 0 Å². The van der Waals surface area contributed by atoms with E-state index >= 15 is 0 Å². The Balaban J connectivity index is 1.35. The van der Waals surface area contributed by atoms with E-state index < -0.39 is 11.6 Å². The molecule has 7 nitrogen and oxygen atoms in total. The minimum absolute atomic E-state index is 0.196. The molecule has 7 rings (SSSR count). The van der Waals surface area contributed by atoms with Crippen molar-refractivity contribution in [2.45, 2.75) is 19.3 Å². The van der Waals surface area contributed by atoms with Crippen molar-refractivity contribution in [1.82, 2.24) is 24.3 Å². The van der Waals surface area contributed by atoms with Crippen molar-refractivity contribution in [3.05, 3.63) is 102 Å². The summed E-state index contributed by atoms with van der Waals surface area (Å²) in [6, 6.07) is 15.4. The zero-order chi connectivity index (χ0) is 25.8. The Hall–Kier alpha value is -4.47. The summed E-state index contributed by atoms with van der Waals surface area (Å²) in [6.45, 7) is 2.05. The van der Waals surface area contributed by atoms with Crippen LogP contribution in [0.15, 0.2) is 78.6 Å². The zero-order valence-electron chi connectivity index (χ0n) is 20.6. The fraction of sp³-hybridized carbons (Fsp3) is 0.179. The van der Waals surface area contributed by atoms with Gasteiger partial charge in [0.2, 0.25) is 0 Å². The lowest BCUT2D eigenvalue weighted by atomic mass is 9.91. The summed E-state index contributed by atoms with van der Waals surface area (Å²) in [7, 11) is 2.07. The molecule has 3 aliphatic rings. The summed E-state index contributed by atoms with van der Waals surface area (Å²) < 4.78 is 34.0. The van der Waals surface area contributed by atoms with Gasteiger partial charge in [0.1, 0.15) is 28.8 Å². The van der Waals surface area contributed by atoms with Gasteiger partial charge in [-0.25, -0.2) is 13.5 Å². The Labute approximate surface area is 219 Å². The lowest BCUT2D eigenvalue weighted by Gasteiger charge is -2.27. The minimum atomic E-state index is -0.678. The summed E-state index contributed by atoms with van der Waals surface area (Å²) >= 11 is 0. The van der Waals surface area contributed by atoms with Gasteiger partial charge in [-0.05, 0) is 67.3 Å². The first-order valence-electron chi connectivity index (χ1n) is 12.7. The van der Waals surface area contributed by atoms with Crippen molar-refractivity contribution in [2.24, 2.45) is 0 Å². The Bertz CT molecular complexity index is 1650. The number of hydrogen-bond donors (Lipinski definition) is 1. The Morgan fingerprint density at radius 2 is 1.74 bits per heavy atom. The second kappa shape index (κ2) is 8.83. The molecule has 0 bridgehead atoms. The number of halogens is 2. The molecule has 0 amide bonds. The van der Waals surface area contributed by atoms with Crippen molar-refractivity contribution in [3.63, 3.8) is 0 Å². The van der Waals surface area contributed by atoms with Crippen molar-refractivity contribution in [3.8, 4) is 17.1 Å². The molecule has 0 aliphatic carbocycles. The Morgan fingerprint density at radius 1 is 0.921 bits per heavy atom. The van der Waals surface area contributed by atoms with Crippen LogP contribution in [0.25, 0.3) is 22.6 Å². The first-order valence-corrected chi connectivity index (χ1v) is 12.7. The molecular formula is C28H24BF2N7+. The number of nitrogens with two attached hydrogens (primary N) is 1. The summed E-state index contributed by atoms with van der Waals surface area (Å²) in [4.78, 5) is 2.23. The van der Waals surface area contributed by atoms with Gasteiger partial charge in [-0.15, -0.1) is 5.10 Å². The highest BCUT2D eigenvalue weighted by molar-refractivity contribution is 6.40. The maximum absolute atomic E-state index is 14.4. The average Bonchev–Trinajstić information content (AvgIpc) is 3.67. The van der Waals surface area contributed by atoms with Crippen LogP contribution < -0.4 is 5.73 Å². The van der Waals surface area contributed by atoms with E-state index in [1.807, 2.05) is 30.3 Å². The summed E-state index contributed by atoms with van der Waals surface area (Å²) in [5.74, 6) is 0.582. The second-order valence-electron chi connectivity index (χ2n) is 9.73. The molecule has 2 aromatic heterocycles. The molecular weight excluding hydrogens is 483 g/mol. The van der Waals surface area contributed by atoms with E-state index in [0.29, 0.717) is 11.4 Å². The predicted octanol–water partition coefficient (Wildman–Crippen LogP) is 4.22. The molecule has 2 aromatic carbocycles. The van der Waals surface area contributed by atoms with Gasteiger partial charge < -0.3 is 10.2 Å². The monoisotopic (exact) mass is 507 g/mol. The van der Waals surface area contributed by atoms with Gasteiger partial charge in [-0.2, -0.15) is 0 Å². The molecule has 3 aliphatic heterocycles. The number of piperidine rings is 1. The topological polar surface area (TPSA) is 67.9 Å². The highest BCUT2D eigenvalue weighted by Gasteiger charge is 2.40. The molecule has 4 aromatic rings. The summed E-state index contributed by atoms with van der Waals surface area (Å²) in [6.07, 6.45) is 9.63. The molecule has 10 heteroatoms. The number of nitrogens with zero attached hydrogens (tertiary/aromatic N) is 6. The lowest BCUT2D eigenvalue weighted by molar-refractivity contribution is -0.539. The van der Waals surface area contributed by atoms with E-state index in [2.05, 4.69) is 49.9 Å². The SMILES string of the molecule is Nc1ccc(C2=C3C=CC(=[N+]4CCCCC4)N3[B]n3c2ccc3-n2cc(-c3ccc(F)cc3F)nn2)cc1. The quantitative estimate of drug-likeness (QED) is 0.256. The van der Waals surface area contributed by atoms with Crippen LogP contribution in [-0.4, -0.2) is 55.3 Å². The molecule has 0 saturated carbocycles. The minimum Gasteiger partial charge on any atom is -0.399 e. The van der Waals surface area contributed by atoms with E-state index in [0.717, 1.165) is 53.3 Å². The first-order chi connectivity index (χ1) is 18.6. The number of allylic oxidation sites excluding steroid dienone is 1. The van der Waals surface area contributed by atoms with Crippen LogP contribution in [-0.2, 0) is 0 Å². The van der Waals surface area contributed by atoms with Crippen LogP contribution in [0.3, 0.4) is 0 Å². The van der Waals surface area contributed by atoms with Crippen LogP contribution in [0, 0.1) is 11.6 Å². The third-order valence-corrected chi connectivity index (χ3v) is 7.35. The van der Waals surface area contributed by atoms with Gasteiger partial charge in [0.25, 0.3) is 5.84 Å². The third kappa shape index (κ3) is 3.67. The molecule has 1 saturated heterocycles. The van der Waals surface area contributed by atoms with E-state index in [9.17, 15) is 8.78 Å². The highest BCUT2D eigenvalue weighted by atomic mass is 19.1. The number of nitrogen functional groups attached to an aromatic ring is 1. The molecule has 1 radical (unpaired) electrons. The molecule has 0 spiro atoms. The van der Waals surface area contributed by atoms with Crippen molar-refractivity contribution in [1.29, 1.82) is 0 Å². The standard InChI is InChI=1S/C28H23BF2N7/c30-19-6-9-21(22(31)16-19)23-17-36(34-33-23)27-13-11-25-28(18-4-7-20(32)8-5-18)24-10-12-26(37(24)29-38(25)27)35-14-2-1-3-15-35/h4-13,16-17,32H,1-3,14-15H2/p+1. The number of amidine groups is 1. The van der Waals surface area contributed by atoms with Crippen LogP contribution in [0.5, 0.6) is 0 Å². The lowest BCUT2D eigenvalue weighted by Crippen LogP contribution is -2.43. The Kier molecular flexibility index (Phi) is 5.28. The summed E-state index contributed by atoms with van der Waals surface area (Å²) in [5.41, 5.74) is 11.4. The van der Waals surface area contributed by atoms with Crippen molar-refractivity contribution < 1.29 is 13.4 Å². The van der Waals surface area contributed by atoms with E-state index in [-0.39, 0.29) is 5.56 Å². The fourth-order valence-corrected chi connectivity index (χ4v) is 5.48. The maximum Gasteiger partial charge on any atom is 0.553 e. The molecule has 0 unspecified atom stereocenters. The molecule has 1 fully saturated rings. The fourth-order valence-electron chi connectivity index (χ4n) is 5.48. The second-order valence-corrected chi connectivity index (χ2v) is 9.73. The molecule has 187 valence electrons. The third-order valence-electron chi connectivity index (χ3n) is 7.35. The molecule has 5 heterocycles. The number of aromatic nitrogens is 4. The number of benzene rings is 2. The number of hydrogen-bond acceptors (Lipinski definition) is 3. The number of anilines is 1. The van der Waals surface area contributed by atoms with E-state index in [1.54, 1.807) is 10.9 Å². The maximum atomic E-state index is 14.4. The van der Waals surface area contributed by atoms with Gasteiger partial charge in [-0.1, -0.05) is 17.3 Å². The predicted molar refractivity (Wildman–Crippen MR) is 143 cm³/mol. The van der Waals surface area contributed by atoms with Gasteiger partial charge in [0, 0.05) is 34.7 Å². The van der Waals surface area contributed by atoms with Crippen molar-refractivity contribution in [2.75, 3.05) is 18.8 Å². The van der Waals surface area contributed by atoms with E-state index in [4.69, 9.17) is 5.73 Å². The first kappa shape index (κ1) is 22.7. The number of fused-ring (bicyclic) bond motifs is 2. The Morgan fingerprint density at radius 3 is 2.53 bits per heavy atom. The van der Waals surface area contributed by atoms with Crippen LogP contribution in [0.4, 0.5) is 14.5 Å². The molecule has 0 atom stereocenters. The normalized spacial score (nSPS) is 16.6.